The van der Waals surface area contributed by atoms with Crippen molar-refractivity contribution in [2.75, 3.05) is 0 Å². The van der Waals surface area contributed by atoms with Gasteiger partial charge in [0.25, 0.3) is 11.8 Å². The summed E-state index contributed by atoms with van der Waals surface area (Å²) in [5, 5.41) is 14.3. The first-order valence-electron chi connectivity index (χ1n) is 11.4. The molecule has 0 bridgehead atoms. The molecule has 3 aromatic heterocycles. The second-order valence-corrected chi connectivity index (χ2v) is 8.03. The van der Waals surface area contributed by atoms with Gasteiger partial charge in [-0.25, -0.2) is 14.3 Å². The minimum Gasteiger partial charge on any atom is -0.347 e. The molecule has 0 saturated carbocycles. The normalized spacial score (nSPS) is 10.7. The minimum absolute atomic E-state index is 0.162. The standard InChI is InChI=1S/C27H23N7O2/c35-26(28-14-20-16-30-33(18-20)22-8-3-1-4-9-22)24-12-7-13-25(32-24)27(36)29-15-21-17-31-34(19-21)23-10-5-2-6-11-23/h1-13,16-19H,14-15H2,(H,28,35)(H,29,36). The summed E-state index contributed by atoms with van der Waals surface area (Å²) in [4.78, 5) is 29.5. The second-order valence-electron chi connectivity index (χ2n) is 8.03. The van der Waals surface area contributed by atoms with Gasteiger partial charge in [0.2, 0.25) is 0 Å². The first-order valence-corrected chi connectivity index (χ1v) is 11.4. The third kappa shape index (κ3) is 5.36. The summed E-state index contributed by atoms with van der Waals surface area (Å²) in [5.41, 5.74) is 3.88. The summed E-state index contributed by atoms with van der Waals surface area (Å²) in [7, 11) is 0. The molecule has 2 aromatic carbocycles. The molecule has 0 aliphatic rings. The molecule has 0 fully saturated rings. The maximum Gasteiger partial charge on any atom is 0.270 e. The Morgan fingerprint density at radius 1 is 0.611 bits per heavy atom. The lowest BCUT2D eigenvalue weighted by molar-refractivity contribution is 0.0941. The number of rotatable bonds is 8. The molecule has 0 aliphatic heterocycles. The number of para-hydroxylation sites is 2. The Labute approximate surface area is 207 Å². The molecule has 2 amide bonds. The lowest BCUT2D eigenvalue weighted by Crippen LogP contribution is -2.27. The fourth-order valence-electron chi connectivity index (χ4n) is 3.58. The van der Waals surface area contributed by atoms with Gasteiger partial charge in [-0.15, -0.1) is 0 Å². The third-order valence-electron chi connectivity index (χ3n) is 5.43. The monoisotopic (exact) mass is 477 g/mol. The minimum atomic E-state index is -0.374. The summed E-state index contributed by atoms with van der Waals surface area (Å²) >= 11 is 0. The molecule has 0 radical (unpaired) electrons. The van der Waals surface area contributed by atoms with E-state index in [0.29, 0.717) is 0 Å². The molecule has 5 rings (SSSR count). The summed E-state index contributed by atoms with van der Waals surface area (Å²) < 4.78 is 3.49. The Bertz CT molecular complexity index is 1370. The fraction of sp³-hybridized carbons (Fsp3) is 0.0741. The Kier molecular flexibility index (Phi) is 6.61. The van der Waals surface area contributed by atoms with Crippen molar-refractivity contribution in [3.8, 4) is 11.4 Å². The molecule has 178 valence electrons. The van der Waals surface area contributed by atoms with Crippen molar-refractivity contribution in [2.24, 2.45) is 0 Å². The van der Waals surface area contributed by atoms with Gasteiger partial charge in [0, 0.05) is 36.6 Å². The molecule has 0 saturated heterocycles. The van der Waals surface area contributed by atoms with E-state index in [9.17, 15) is 9.59 Å². The van der Waals surface area contributed by atoms with Gasteiger partial charge in [-0.3, -0.25) is 9.59 Å². The molecule has 0 aliphatic carbocycles. The SMILES string of the molecule is O=C(NCc1cnn(-c2ccccc2)c1)c1cccc(C(=O)NCc2cnn(-c3ccccc3)c2)n1. The molecule has 0 unspecified atom stereocenters. The van der Waals surface area contributed by atoms with E-state index >= 15 is 0 Å². The van der Waals surface area contributed by atoms with Crippen LogP contribution in [0.1, 0.15) is 32.1 Å². The average molecular weight is 478 g/mol. The average Bonchev–Trinajstić information content (AvgIpc) is 3.62. The number of benzene rings is 2. The predicted octanol–water partition coefficient (Wildman–Crippen LogP) is 3.31. The largest absolute Gasteiger partial charge is 0.347 e. The van der Waals surface area contributed by atoms with Gasteiger partial charge in [-0.05, 0) is 36.4 Å². The van der Waals surface area contributed by atoms with Crippen LogP contribution in [0.15, 0.2) is 104 Å². The number of nitrogens with one attached hydrogen (secondary N) is 2. The van der Waals surface area contributed by atoms with Crippen molar-refractivity contribution >= 4 is 11.8 Å². The zero-order chi connectivity index (χ0) is 24.7. The van der Waals surface area contributed by atoms with E-state index in [-0.39, 0.29) is 36.3 Å². The van der Waals surface area contributed by atoms with Crippen LogP contribution in [-0.4, -0.2) is 36.4 Å². The van der Waals surface area contributed by atoms with Crippen LogP contribution >= 0.6 is 0 Å². The van der Waals surface area contributed by atoms with Crippen LogP contribution in [-0.2, 0) is 13.1 Å². The molecule has 0 spiro atoms. The predicted molar refractivity (Wildman–Crippen MR) is 134 cm³/mol. The van der Waals surface area contributed by atoms with E-state index in [0.717, 1.165) is 22.5 Å². The fourth-order valence-corrected chi connectivity index (χ4v) is 3.58. The van der Waals surface area contributed by atoms with Crippen LogP contribution in [0.3, 0.4) is 0 Å². The highest BCUT2D eigenvalue weighted by atomic mass is 16.2. The maximum atomic E-state index is 12.6. The molecule has 5 aromatic rings. The van der Waals surface area contributed by atoms with Crippen LogP contribution in [0, 0.1) is 0 Å². The topological polar surface area (TPSA) is 107 Å². The smallest absolute Gasteiger partial charge is 0.270 e. The number of carbonyl (C=O) groups excluding carboxylic acids is 2. The molecule has 2 N–H and O–H groups in total. The summed E-state index contributed by atoms with van der Waals surface area (Å²) in [6.45, 7) is 0.574. The van der Waals surface area contributed by atoms with Crippen molar-refractivity contribution < 1.29 is 9.59 Å². The maximum absolute atomic E-state index is 12.6. The van der Waals surface area contributed by atoms with Crippen molar-refractivity contribution in [1.29, 1.82) is 0 Å². The first-order chi connectivity index (χ1) is 17.7. The number of pyridine rings is 1. The zero-order valence-electron chi connectivity index (χ0n) is 19.3. The van der Waals surface area contributed by atoms with E-state index in [1.165, 1.54) is 0 Å². The Hall–Kier alpha value is -5.05. The highest BCUT2D eigenvalue weighted by Crippen LogP contribution is 2.09. The van der Waals surface area contributed by atoms with Crippen LogP contribution in [0.5, 0.6) is 0 Å². The summed E-state index contributed by atoms with van der Waals surface area (Å²) in [6, 6.07) is 24.2. The molecule has 9 nitrogen and oxygen atoms in total. The number of carbonyl (C=O) groups is 2. The zero-order valence-corrected chi connectivity index (χ0v) is 19.3. The Morgan fingerprint density at radius 3 is 1.50 bits per heavy atom. The van der Waals surface area contributed by atoms with Crippen LogP contribution in [0.2, 0.25) is 0 Å². The Morgan fingerprint density at radius 2 is 1.06 bits per heavy atom. The van der Waals surface area contributed by atoms with Crippen molar-refractivity contribution in [2.45, 2.75) is 13.1 Å². The number of hydrogen-bond acceptors (Lipinski definition) is 5. The summed E-state index contributed by atoms with van der Waals surface area (Å²) in [6.07, 6.45) is 7.11. The van der Waals surface area contributed by atoms with Crippen molar-refractivity contribution in [3.05, 3.63) is 126 Å². The van der Waals surface area contributed by atoms with Crippen LogP contribution in [0.25, 0.3) is 11.4 Å². The van der Waals surface area contributed by atoms with Gasteiger partial charge >= 0.3 is 0 Å². The number of nitrogens with zero attached hydrogens (tertiary/aromatic N) is 5. The van der Waals surface area contributed by atoms with Gasteiger partial charge in [0.15, 0.2) is 0 Å². The molecule has 3 heterocycles. The number of amides is 2. The highest BCUT2D eigenvalue weighted by molar-refractivity contribution is 5.96. The van der Waals surface area contributed by atoms with E-state index in [2.05, 4.69) is 25.8 Å². The van der Waals surface area contributed by atoms with E-state index in [1.807, 2.05) is 73.1 Å². The number of aromatic nitrogens is 5. The van der Waals surface area contributed by atoms with E-state index in [4.69, 9.17) is 0 Å². The number of hydrogen-bond donors (Lipinski definition) is 2. The highest BCUT2D eigenvalue weighted by Gasteiger charge is 2.13. The van der Waals surface area contributed by atoms with E-state index < -0.39 is 0 Å². The molecule has 9 heteroatoms. The van der Waals surface area contributed by atoms with Gasteiger partial charge in [-0.2, -0.15) is 10.2 Å². The lowest BCUT2D eigenvalue weighted by atomic mass is 10.2. The molecule has 36 heavy (non-hydrogen) atoms. The van der Waals surface area contributed by atoms with E-state index in [1.54, 1.807) is 40.0 Å². The van der Waals surface area contributed by atoms with Crippen molar-refractivity contribution in [3.63, 3.8) is 0 Å². The lowest BCUT2D eigenvalue weighted by Gasteiger charge is -2.06. The van der Waals surface area contributed by atoms with Crippen molar-refractivity contribution in [1.82, 2.24) is 35.2 Å². The van der Waals surface area contributed by atoms with Gasteiger partial charge in [0.05, 0.1) is 23.8 Å². The van der Waals surface area contributed by atoms with Crippen LogP contribution in [0.4, 0.5) is 0 Å². The molecular formula is C27H23N7O2. The molecular weight excluding hydrogens is 454 g/mol. The van der Waals surface area contributed by atoms with Crippen LogP contribution < -0.4 is 10.6 Å². The summed E-state index contributed by atoms with van der Waals surface area (Å²) in [5.74, 6) is -0.748. The molecule has 0 atom stereocenters. The first kappa shape index (κ1) is 22.7. The van der Waals surface area contributed by atoms with Gasteiger partial charge in [-0.1, -0.05) is 42.5 Å². The quantitative estimate of drug-likeness (QED) is 0.357. The Balaban J connectivity index is 1.16. The third-order valence-corrected chi connectivity index (χ3v) is 5.43. The second kappa shape index (κ2) is 10.5. The van der Waals surface area contributed by atoms with Gasteiger partial charge in [0.1, 0.15) is 11.4 Å². The van der Waals surface area contributed by atoms with Gasteiger partial charge < -0.3 is 10.6 Å².